The number of hydrogen-bond acceptors (Lipinski definition) is 4. The molecule has 0 heterocycles. The molecule has 0 spiro atoms. The second kappa shape index (κ2) is 10.1. The summed E-state index contributed by atoms with van der Waals surface area (Å²) in [6.07, 6.45) is 0.482. The van der Waals surface area contributed by atoms with Crippen LogP contribution in [0.2, 0.25) is 0 Å². The number of para-hydroxylation sites is 1. The molecule has 4 nitrogen and oxygen atoms in total. The zero-order chi connectivity index (χ0) is 18.1. The van der Waals surface area contributed by atoms with Gasteiger partial charge in [-0.25, -0.2) is 0 Å². The molecule has 0 amide bonds. The van der Waals surface area contributed by atoms with Gasteiger partial charge in [-0.3, -0.25) is 4.90 Å². The summed E-state index contributed by atoms with van der Waals surface area (Å²) < 4.78 is 11.0. The minimum atomic E-state index is -0.542. The van der Waals surface area contributed by atoms with E-state index in [2.05, 4.69) is 24.8 Å². The maximum atomic E-state index is 10.4. The van der Waals surface area contributed by atoms with Crippen LogP contribution in [-0.4, -0.2) is 42.4 Å². The first-order valence-corrected chi connectivity index (χ1v) is 8.85. The molecule has 0 bridgehead atoms. The van der Waals surface area contributed by atoms with Crippen molar-refractivity contribution in [2.45, 2.75) is 39.0 Å². The number of rotatable bonds is 10. The van der Waals surface area contributed by atoms with Crippen molar-refractivity contribution < 1.29 is 14.6 Å². The van der Waals surface area contributed by atoms with E-state index in [1.807, 2.05) is 48.5 Å². The van der Waals surface area contributed by atoms with E-state index in [4.69, 9.17) is 9.47 Å². The van der Waals surface area contributed by atoms with Crippen LogP contribution in [0.3, 0.4) is 0 Å². The summed E-state index contributed by atoms with van der Waals surface area (Å²) in [7, 11) is 1.68. The molecule has 0 fully saturated rings. The van der Waals surface area contributed by atoms with Crippen molar-refractivity contribution >= 4 is 0 Å². The first kappa shape index (κ1) is 19.3. The zero-order valence-electron chi connectivity index (χ0n) is 15.4. The number of aliphatic hydroxyl groups excluding tert-OH is 1. The Bertz CT molecular complexity index is 618. The Morgan fingerprint density at radius 2 is 1.76 bits per heavy atom. The van der Waals surface area contributed by atoms with E-state index in [-0.39, 0.29) is 6.61 Å². The lowest BCUT2D eigenvalue weighted by molar-refractivity contribution is 0.0506. The van der Waals surface area contributed by atoms with E-state index < -0.39 is 6.10 Å². The molecular weight excluding hydrogens is 314 g/mol. The lowest BCUT2D eigenvalue weighted by Crippen LogP contribution is -2.40. The molecule has 0 aromatic heterocycles. The van der Waals surface area contributed by atoms with Gasteiger partial charge in [-0.1, -0.05) is 37.3 Å². The van der Waals surface area contributed by atoms with Crippen molar-refractivity contribution in [1.29, 1.82) is 0 Å². The van der Waals surface area contributed by atoms with Gasteiger partial charge in [0.15, 0.2) is 0 Å². The van der Waals surface area contributed by atoms with Crippen LogP contribution in [0.15, 0.2) is 54.6 Å². The van der Waals surface area contributed by atoms with Crippen LogP contribution in [0.4, 0.5) is 0 Å². The Morgan fingerprint density at radius 1 is 1.04 bits per heavy atom. The maximum Gasteiger partial charge on any atom is 0.119 e. The highest BCUT2D eigenvalue weighted by atomic mass is 16.5. The Balaban J connectivity index is 1.94. The van der Waals surface area contributed by atoms with Crippen molar-refractivity contribution in [2.75, 3.05) is 20.3 Å². The van der Waals surface area contributed by atoms with Gasteiger partial charge in [0.25, 0.3) is 0 Å². The minimum absolute atomic E-state index is 0.287. The van der Waals surface area contributed by atoms with Crippen LogP contribution < -0.4 is 9.47 Å². The average Bonchev–Trinajstić information content (AvgIpc) is 2.66. The van der Waals surface area contributed by atoms with Crippen molar-refractivity contribution in [3.05, 3.63) is 60.2 Å². The number of hydrogen-bond donors (Lipinski definition) is 1. The SMILES string of the molecule is CCC(C)N(Cc1cccc(OC)c1)CC(O)COc1ccccc1. The molecule has 1 N–H and O–H groups in total. The molecular formula is C21H29NO3. The topological polar surface area (TPSA) is 41.9 Å². The molecule has 2 unspecified atom stereocenters. The predicted molar refractivity (Wildman–Crippen MR) is 101 cm³/mol. The average molecular weight is 343 g/mol. The van der Waals surface area contributed by atoms with Gasteiger partial charge in [0.05, 0.1) is 7.11 Å². The van der Waals surface area contributed by atoms with Crippen molar-refractivity contribution in [3.8, 4) is 11.5 Å². The smallest absolute Gasteiger partial charge is 0.119 e. The number of benzene rings is 2. The third-order valence-corrected chi connectivity index (χ3v) is 4.36. The number of methoxy groups -OCH3 is 1. The van der Waals surface area contributed by atoms with Gasteiger partial charge in [-0.15, -0.1) is 0 Å². The number of nitrogens with zero attached hydrogens (tertiary/aromatic N) is 1. The van der Waals surface area contributed by atoms with E-state index in [0.717, 1.165) is 24.5 Å². The molecule has 2 atom stereocenters. The largest absolute Gasteiger partial charge is 0.497 e. The van der Waals surface area contributed by atoms with E-state index >= 15 is 0 Å². The zero-order valence-corrected chi connectivity index (χ0v) is 15.4. The van der Waals surface area contributed by atoms with E-state index in [1.54, 1.807) is 7.11 Å². The first-order valence-electron chi connectivity index (χ1n) is 8.85. The van der Waals surface area contributed by atoms with E-state index in [0.29, 0.717) is 12.6 Å². The molecule has 2 aromatic carbocycles. The molecule has 0 saturated heterocycles. The van der Waals surface area contributed by atoms with Crippen molar-refractivity contribution in [2.24, 2.45) is 0 Å². The first-order chi connectivity index (χ1) is 12.1. The van der Waals surface area contributed by atoms with Gasteiger partial charge in [-0.05, 0) is 43.2 Å². The predicted octanol–water partition coefficient (Wildman–Crippen LogP) is 3.74. The molecule has 0 aliphatic carbocycles. The van der Waals surface area contributed by atoms with E-state index in [1.165, 1.54) is 5.56 Å². The summed E-state index contributed by atoms with van der Waals surface area (Å²) in [5, 5.41) is 10.4. The third kappa shape index (κ3) is 6.40. The van der Waals surface area contributed by atoms with Crippen molar-refractivity contribution in [3.63, 3.8) is 0 Å². The number of ether oxygens (including phenoxy) is 2. The molecule has 2 aromatic rings. The molecule has 25 heavy (non-hydrogen) atoms. The quantitative estimate of drug-likeness (QED) is 0.714. The summed E-state index contributed by atoms with van der Waals surface area (Å²) >= 11 is 0. The van der Waals surface area contributed by atoms with Crippen molar-refractivity contribution in [1.82, 2.24) is 4.90 Å². The molecule has 0 aliphatic rings. The van der Waals surface area contributed by atoms with Gasteiger partial charge in [0, 0.05) is 19.1 Å². The highest BCUT2D eigenvalue weighted by molar-refractivity contribution is 5.28. The molecule has 0 aliphatic heterocycles. The maximum absolute atomic E-state index is 10.4. The minimum Gasteiger partial charge on any atom is -0.497 e. The Labute approximate surface area is 151 Å². The van der Waals surface area contributed by atoms with Crippen LogP contribution in [0, 0.1) is 0 Å². The second-order valence-electron chi connectivity index (χ2n) is 6.32. The fourth-order valence-electron chi connectivity index (χ4n) is 2.70. The Hall–Kier alpha value is -2.04. The highest BCUT2D eigenvalue weighted by Gasteiger charge is 2.18. The Morgan fingerprint density at radius 3 is 2.44 bits per heavy atom. The monoisotopic (exact) mass is 343 g/mol. The lowest BCUT2D eigenvalue weighted by Gasteiger charge is -2.30. The second-order valence-corrected chi connectivity index (χ2v) is 6.32. The fraction of sp³-hybridized carbons (Fsp3) is 0.429. The van der Waals surface area contributed by atoms with Crippen LogP contribution in [0.5, 0.6) is 11.5 Å². The summed E-state index contributed by atoms with van der Waals surface area (Å²) in [5.74, 6) is 1.64. The van der Waals surface area contributed by atoms with Gasteiger partial charge in [0.1, 0.15) is 24.2 Å². The van der Waals surface area contributed by atoms with E-state index in [9.17, 15) is 5.11 Å². The van der Waals surface area contributed by atoms with Crippen LogP contribution in [-0.2, 0) is 6.54 Å². The normalized spacial score (nSPS) is 13.5. The summed E-state index contributed by atoms with van der Waals surface area (Å²) in [6, 6.07) is 18.0. The molecule has 0 radical (unpaired) electrons. The third-order valence-electron chi connectivity index (χ3n) is 4.36. The number of aliphatic hydroxyl groups is 1. The van der Waals surface area contributed by atoms with Crippen LogP contribution in [0.1, 0.15) is 25.8 Å². The lowest BCUT2D eigenvalue weighted by atomic mass is 10.1. The summed E-state index contributed by atoms with van der Waals surface area (Å²) in [6.45, 7) is 5.98. The summed E-state index contributed by atoms with van der Waals surface area (Å²) in [4.78, 5) is 2.29. The van der Waals surface area contributed by atoms with Gasteiger partial charge in [0.2, 0.25) is 0 Å². The molecule has 4 heteroatoms. The Kier molecular flexibility index (Phi) is 7.76. The van der Waals surface area contributed by atoms with Gasteiger partial charge in [-0.2, -0.15) is 0 Å². The standard InChI is InChI=1S/C21H29NO3/c1-4-17(2)22(14-18-9-8-12-21(13-18)24-3)15-19(23)16-25-20-10-6-5-7-11-20/h5-13,17,19,23H,4,14-16H2,1-3H3. The van der Waals surface area contributed by atoms with Crippen LogP contribution in [0.25, 0.3) is 0 Å². The highest BCUT2D eigenvalue weighted by Crippen LogP contribution is 2.17. The molecule has 2 rings (SSSR count). The molecule has 0 saturated carbocycles. The van der Waals surface area contributed by atoms with Crippen LogP contribution >= 0.6 is 0 Å². The summed E-state index contributed by atoms with van der Waals surface area (Å²) in [5.41, 5.74) is 1.18. The molecule has 136 valence electrons. The van der Waals surface area contributed by atoms with Gasteiger partial charge < -0.3 is 14.6 Å². The van der Waals surface area contributed by atoms with Gasteiger partial charge >= 0.3 is 0 Å². The fourth-order valence-corrected chi connectivity index (χ4v) is 2.70.